The molecule has 0 aromatic heterocycles. The van der Waals surface area contributed by atoms with Crippen LogP contribution in [0.5, 0.6) is 0 Å². The molecule has 6 atom stereocenters. The fourth-order valence-corrected chi connectivity index (χ4v) is 8.70. The van der Waals surface area contributed by atoms with Gasteiger partial charge >= 0.3 is 0 Å². The minimum atomic E-state index is -0.658. The lowest BCUT2D eigenvalue weighted by Gasteiger charge is -2.37. The Morgan fingerprint density at radius 1 is 1.17 bits per heavy atom. The van der Waals surface area contributed by atoms with Gasteiger partial charge in [0, 0.05) is 18.3 Å². The molecule has 3 heterocycles. The first-order valence-electron chi connectivity index (χ1n) is 13.5. The van der Waals surface area contributed by atoms with Crippen LogP contribution in [0.1, 0.15) is 64.9 Å². The molecule has 3 fully saturated rings. The van der Waals surface area contributed by atoms with Gasteiger partial charge in [-0.3, -0.25) is 14.4 Å². The summed E-state index contributed by atoms with van der Waals surface area (Å²) in [6, 6.07) is 8.67. The Hall–Kier alpha value is -2.06. The molecule has 198 valence electrons. The van der Waals surface area contributed by atoms with E-state index in [0.717, 1.165) is 37.7 Å². The summed E-state index contributed by atoms with van der Waals surface area (Å²) in [5, 5.41) is 16.5. The average Bonchev–Trinajstić information content (AvgIpc) is 3.51. The molecule has 3 aliphatic rings. The lowest BCUT2D eigenvalue weighted by molar-refractivity contribution is -0.143. The number of carbonyl (C=O) groups is 3. The molecule has 1 aromatic rings. The van der Waals surface area contributed by atoms with E-state index >= 15 is 0 Å². The van der Waals surface area contributed by atoms with Gasteiger partial charge in [-0.1, -0.05) is 63.9 Å². The molecule has 7 nitrogen and oxygen atoms in total. The van der Waals surface area contributed by atoms with E-state index in [1.54, 1.807) is 16.7 Å². The molecule has 3 amide bonds. The summed E-state index contributed by atoms with van der Waals surface area (Å²) in [5.41, 5.74) is 1.01. The highest BCUT2D eigenvalue weighted by molar-refractivity contribution is 8.02. The molecule has 2 bridgehead atoms. The van der Waals surface area contributed by atoms with Crippen molar-refractivity contribution < 1.29 is 19.5 Å². The Labute approximate surface area is 219 Å². The van der Waals surface area contributed by atoms with Gasteiger partial charge in [0.25, 0.3) is 0 Å². The predicted molar refractivity (Wildman–Crippen MR) is 142 cm³/mol. The van der Waals surface area contributed by atoms with Crippen molar-refractivity contribution in [1.29, 1.82) is 0 Å². The van der Waals surface area contributed by atoms with Gasteiger partial charge in [-0.25, -0.2) is 0 Å². The zero-order valence-electron chi connectivity index (χ0n) is 21.7. The quantitative estimate of drug-likeness (QED) is 0.372. The number of hydrogen-bond acceptors (Lipinski definition) is 5. The number of aliphatic hydroxyl groups excluding tert-OH is 1. The van der Waals surface area contributed by atoms with Gasteiger partial charge < -0.3 is 20.6 Å². The van der Waals surface area contributed by atoms with E-state index in [4.69, 9.17) is 0 Å². The molecule has 1 spiro atoms. The maximum absolute atomic E-state index is 14.1. The molecule has 3 aliphatic heterocycles. The molecule has 2 unspecified atom stereocenters. The van der Waals surface area contributed by atoms with Crippen LogP contribution in [0.15, 0.2) is 30.3 Å². The van der Waals surface area contributed by atoms with Crippen molar-refractivity contribution in [2.45, 2.75) is 87.9 Å². The highest BCUT2D eigenvalue weighted by atomic mass is 32.2. The zero-order chi connectivity index (χ0) is 25.9. The average molecular weight is 516 g/mol. The van der Waals surface area contributed by atoms with Gasteiger partial charge in [0.05, 0.1) is 29.2 Å². The first-order chi connectivity index (χ1) is 17.3. The van der Waals surface area contributed by atoms with Crippen molar-refractivity contribution in [3.05, 3.63) is 35.9 Å². The van der Waals surface area contributed by atoms with Crippen molar-refractivity contribution in [1.82, 2.24) is 15.5 Å². The van der Waals surface area contributed by atoms with E-state index in [-0.39, 0.29) is 35.5 Å². The third-order valence-corrected chi connectivity index (χ3v) is 9.98. The van der Waals surface area contributed by atoms with E-state index in [1.807, 2.05) is 30.3 Å². The third kappa shape index (κ3) is 5.03. The largest absolute Gasteiger partial charge is 0.394 e. The Bertz CT molecular complexity index is 942. The maximum atomic E-state index is 14.1. The number of carbonyl (C=O) groups excluding carboxylic acids is 3. The van der Waals surface area contributed by atoms with E-state index in [0.29, 0.717) is 19.5 Å². The number of likely N-dealkylation sites (tertiary alicyclic amines) is 1. The lowest BCUT2D eigenvalue weighted by atomic mass is 9.70. The first-order valence-corrected chi connectivity index (χ1v) is 14.4. The topological polar surface area (TPSA) is 98.7 Å². The normalized spacial score (nSPS) is 29.5. The summed E-state index contributed by atoms with van der Waals surface area (Å²) >= 11 is 1.68. The minimum absolute atomic E-state index is 0.0324. The number of benzene rings is 1. The van der Waals surface area contributed by atoms with Gasteiger partial charge in [-0.2, -0.15) is 0 Å². The van der Waals surface area contributed by atoms with Gasteiger partial charge in [-0.05, 0) is 37.2 Å². The van der Waals surface area contributed by atoms with E-state index in [1.165, 1.54) is 0 Å². The molecule has 0 aliphatic carbocycles. The molecular weight excluding hydrogens is 474 g/mol. The van der Waals surface area contributed by atoms with E-state index in [2.05, 4.69) is 31.4 Å². The molecule has 3 N–H and O–H groups in total. The zero-order valence-corrected chi connectivity index (χ0v) is 22.6. The molecule has 0 saturated carbocycles. The Morgan fingerprint density at radius 2 is 1.92 bits per heavy atom. The smallest absolute Gasteiger partial charge is 0.244 e. The lowest BCUT2D eigenvalue weighted by Crippen LogP contribution is -2.56. The number of aliphatic hydroxyl groups is 1. The Morgan fingerprint density at radius 3 is 2.58 bits per heavy atom. The van der Waals surface area contributed by atoms with Crippen LogP contribution >= 0.6 is 11.8 Å². The van der Waals surface area contributed by atoms with E-state index in [9.17, 15) is 19.5 Å². The van der Waals surface area contributed by atoms with Gasteiger partial charge in [-0.15, -0.1) is 11.8 Å². The predicted octanol–water partition coefficient (Wildman–Crippen LogP) is 3.11. The van der Waals surface area contributed by atoms with Gasteiger partial charge in [0.2, 0.25) is 17.7 Å². The van der Waals surface area contributed by atoms with Crippen LogP contribution in [-0.4, -0.2) is 63.0 Å². The number of fused-ring (bicyclic) bond motifs is 1. The monoisotopic (exact) mass is 515 g/mol. The second-order valence-electron chi connectivity index (χ2n) is 11.0. The second-order valence-corrected chi connectivity index (χ2v) is 12.6. The molecule has 8 heteroatoms. The van der Waals surface area contributed by atoms with Crippen molar-refractivity contribution in [2.24, 2.45) is 17.8 Å². The summed E-state index contributed by atoms with van der Waals surface area (Å²) in [6.07, 6.45) is 5.17. The van der Waals surface area contributed by atoms with Crippen molar-refractivity contribution in [2.75, 3.05) is 13.2 Å². The molecule has 4 rings (SSSR count). The van der Waals surface area contributed by atoms with Crippen LogP contribution in [0.3, 0.4) is 0 Å². The van der Waals surface area contributed by atoms with Crippen LogP contribution in [0.4, 0.5) is 0 Å². The number of thioether (sulfide) groups is 1. The van der Waals surface area contributed by atoms with Crippen molar-refractivity contribution >= 4 is 29.5 Å². The van der Waals surface area contributed by atoms with Crippen LogP contribution < -0.4 is 10.6 Å². The summed E-state index contributed by atoms with van der Waals surface area (Å²) in [6.45, 7) is 7.04. The van der Waals surface area contributed by atoms with Crippen molar-refractivity contribution in [3.8, 4) is 0 Å². The highest BCUT2D eigenvalue weighted by Gasteiger charge is 2.74. The molecule has 36 heavy (non-hydrogen) atoms. The number of hydrogen-bond donors (Lipinski definition) is 3. The second kappa shape index (κ2) is 11.5. The summed E-state index contributed by atoms with van der Waals surface area (Å²) in [4.78, 5) is 42.9. The highest BCUT2D eigenvalue weighted by Crippen LogP contribution is 2.66. The van der Waals surface area contributed by atoms with Crippen LogP contribution in [-0.2, 0) is 20.9 Å². The number of amides is 3. The third-order valence-electron chi connectivity index (χ3n) is 8.03. The summed E-state index contributed by atoms with van der Waals surface area (Å²) in [5.74, 6) is -1.12. The molecule has 1 aromatic carbocycles. The fourth-order valence-electron chi connectivity index (χ4n) is 6.49. The van der Waals surface area contributed by atoms with Gasteiger partial charge in [0.1, 0.15) is 6.04 Å². The Kier molecular flexibility index (Phi) is 8.66. The number of rotatable bonds is 12. The van der Waals surface area contributed by atoms with E-state index < -0.39 is 28.7 Å². The molecular formula is C28H41N3O4S. The maximum Gasteiger partial charge on any atom is 0.244 e. The number of unbranched alkanes of at least 4 members (excludes halogenated alkanes) is 2. The van der Waals surface area contributed by atoms with Gasteiger partial charge in [0.15, 0.2) is 0 Å². The molecule has 0 radical (unpaired) electrons. The molecule has 3 saturated heterocycles. The number of nitrogens with zero attached hydrogens (tertiary/aromatic N) is 1. The van der Waals surface area contributed by atoms with Crippen LogP contribution in [0.25, 0.3) is 0 Å². The summed E-state index contributed by atoms with van der Waals surface area (Å²) < 4.78 is -0.615. The Balaban J connectivity index is 1.60. The summed E-state index contributed by atoms with van der Waals surface area (Å²) in [7, 11) is 0. The van der Waals surface area contributed by atoms with Crippen LogP contribution in [0.2, 0.25) is 0 Å². The van der Waals surface area contributed by atoms with Crippen LogP contribution in [0, 0.1) is 17.8 Å². The van der Waals surface area contributed by atoms with Crippen molar-refractivity contribution in [3.63, 3.8) is 0 Å². The number of nitrogens with one attached hydrogen (secondary N) is 2. The standard InChI is InChI=1S/C28H41N3O4S/c1-4-5-9-14-29-26(34)24-28-13-12-21(36-28)22(25(33)30-16-19-10-7-6-8-11-19)23(28)27(35)31(24)20(17-32)15-18(2)3/h6-8,10-11,18,20-24,32H,4-5,9,12-17H2,1-3H3,(H,29,34)(H,30,33)/t20-,21-,22+,23+,24?,28?/m1/s1. The minimum Gasteiger partial charge on any atom is -0.394 e. The fraction of sp³-hybridized carbons (Fsp3) is 0.679. The first kappa shape index (κ1) is 27.0. The SMILES string of the molecule is CCCCCNC(=O)C1N([C@@H](CO)CC(C)C)C(=O)[C@@H]2[C@@H](C(=O)NCc3ccccc3)[C@H]3CCC12S3.